The molecule has 4 aromatic carbocycles. The lowest BCUT2D eigenvalue weighted by molar-refractivity contribution is -0.138. The highest BCUT2D eigenvalue weighted by Gasteiger charge is 2.32. The average Bonchev–Trinajstić information content (AvgIpc) is 2.90. The lowest BCUT2D eigenvalue weighted by Gasteiger charge is -2.11. The number of hydrogen-bond acceptors (Lipinski definition) is 4. The summed E-state index contributed by atoms with van der Waals surface area (Å²) in [6, 6.07) is 16.4. The van der Waals surface area contributed by atoms with Gasteiger partial charge < -0.3 is 19.7 Å². The largest absolute Gasteiger partial charge is 0.478 e. The number of halogens is 8. The van der Waals surface area contributed by atoms with Crippen LogP contribution in [-0.4, -0.2) is 22.2 Å². The summed E-state index contributed by atoms with van der Waals surface area (Å²) in [7, 11) is 0. The number of carboxylic acids is 2. The minimum absolute atomic E-state index is 0.00414. The van der Waals surface area contributed by atoms with E-state index in [1.807, 2.05) is 0 Å². The Morgan fingerprint density at radius 3 is 1.21 bits per heavy atom. The molecule has 42 heavy (non-hydrogen) atoms. The summed E-state index contributed by atoms with van der Waals surface area (Å²) < 4.78 is 85.6. The van der Waals surface area contributed by atoms with Gasteiger partial charge in [0.2, 0.25) is 0 Å². The molecule has 0 fully saturated rings. The molecular formula is C28H16Cl2F6O6. The molecule has 0 heterocycles. The summed E-state index contributed by atoms with van der Waals surface area (Å²) in [5.74, 6) is -1.94. The molecule has 4 rings (SSSR count). The third-order valence-corrected chi connectivity index (χ3v) is 5.73. The summed E-state index contributed by atoms with van der Waals surface area (Å²) in [4.78, 5) is 21.6. The summed E-state index contributed by atoms with van der Waals surface area (Å²) >= 11 is 11.5. The van der Waals surface area contributed by atoms with Crippen LogP contribution in [0.2, 0.25) is 10.0 Å². The topological polar surface area (TPSA) is 93.1 Å². The second-order valence-corrected chi connectivity index (χ2v) is 8.97. The molecule has 0 unspecified atom stereocenters. The van der Waals surface area contributed by atoms with E-state index < -0.39 is 35.4 Å². The number of hydrogen-bond donors (Lipinski definition) is 2. The van der Waals surface area contributed by atoms with Crippen LogP contribution in [0.5, 0.6) is 23.0 Å². The van der Waals surface area contributed by atoms with Gasteiger partial charge in [0, 0.05) is 0 Å². The van der Waals surface area contributed by atoms with Crippen LogP contribution in [-0.2, 0) is 12.4 Å². The van der Waals surface area contributed by atoms with E-state index in [1.165, 1.54) is 48.5 Å². The average molecular weight is 633 g/mol. The van der Waals surface area contributed by atoms with Gasteiger partial charge in [-0.25, -0.2) is 9.59 Å². The van der Waals surface area contributed by atoms with E-state index in [-0.39, 0.29) is 44.2 Å². The third-order valence-electron chi connectivity index (χ3n) is 5.14. The van der Waals surface area contributed by atoms with Crippen molar-refractivity contribution in [3.05, 3.63) is 117 Å². The van der Waals surface area contributed by atoms with Gasteiger partial charge in [-0.15, -0.1) is 0 Å². The number of carboxylic acid groups (broad SMARTS) is 2. The number of alkyl halides is 6. The Bertz CT molecular complexity index is 1490. The van der Waals surface area contributed by atoms with Crippen LogP contribution in [0.3, 0.4) is 0 Å². The number of aromatic carboxylic acids is 2. The highest BCUT2D eigenvalue weighted by Crippen LogP contribution is 2.37. The molecule has 0 saturated carbocycles. The molecule has 0 bridgehead atoms. The molecule has 220 valence electrons. The van der Waals surface area contributed by atoms with Gasteiger partial charge in [-0.1, -0.05) is 35.3 Å². The van der Waals surface area contributed by atoms with Crippen LogP contribution in [0, 0.1) is 0 Å². The standard InChI is InChI=1S/2C14H8ClF3O3/c2*15-11-7-9(14(16,17)18)4-5-12(11)21-10-3-1-2-8(6-10)13(19)20/h2*1-7H,(H,19,20). The molecule has 0 spiro atoms. The summed E-state index contributed by atoms with van der Waals surface area (Å²) in [5.41, 5.74) is -1.79. The molecule has 6 nitrogen and oxygen atoms in total. The lowest BCUT2D eigenvalue weighted by Crippen LogP contribution is -2.04. The van der Waals surface area contributed by atoms with Crippen LogP contribution in [0.15, 0.2) is 84.9 Å². The molecular weight excluding hydrogens is 617 g/mol. The molecule has 0 aliphatic carbocycles. The Morgan fingerprint density at radius 2 is 0.929 bits per heavy atom. The zero-order valence-electron chi connectivity index (χ0n) is 20.6. The molecule has 0 aliphatic rings. The van der Waals surface area contributed by atoms with Crippen molar-refractivity contribution >= 4 is 35.1 Å². The van der Waals surface area contributed by atoms with E-state index in [2.05, 4.69) is 0 Å². The molecule has 0 aromatic heterocycles. The summed E-state index contributed by atoms with van der Waals surface area (Å²) in [6.07, 6.45) is -8.99. The fraction of sp³-hybridized carbons (Fsp3) is 0.0714. The maximum atomic E-state index is 12.5. The number of rotatable bonds is 6. The van der Waals surface area contributed by atoms with Crippen molar-refractivity contribution in [3.8, 4) is 23.0 Å². The Balaban J connectivity index is 0.000000230. The van der Waals surface area contributed by atoms with Crippen LogP contribution in [0.25, 0.3) is 0 Å². The van der Waals surface area contributed by atoms with Crippen molar-refractivity contribution in [2.45, 2.75) is 12.4 Å². The van der Waals surface area contributed by atoms with E-state index in [9.17, 15) is 35.9 Å². The summed E-state index contributed by atoms with van der Waals surface area (Å²) in [6.45, 7) is 0. The van der Waals surface area contributed by atoms with Crippen LogP contribution in [0.1, 0.15) is 31.8 Å². The molecule has 4 aromatic rings. The van der Waals surface area contributed by atoms with Crippen molar-refractivity contribution in [1.82, 2.24) is 0 Å². The molecule has 0 atom stereocenters. The van der Waals surface area contributed by atoms with Crippen molar-refractivity contribution in [1.29, 1.82) is 0 Å². The van der Waals surface area contributed by atoms with Gasteiger partial charge in [0.25, 0.3) is 0 Å². The van der Waals surface area contributed by atoms with Gasteiger partial charge in [-0.3, -0.25) is 0 Å². The van der Waals surface area contributed by atoms with Crippen LogP contribution < -0.4 is 9.47 Å². The second-order valence-electron chi connectivity index (χ2n) is 8.16. The van der Waals surface area contributed by atoms with Gasteiger partial charge in [0.1, 0.15) is 23.0 Å². The van der Waals surface area contributed by atoms with Gasteiger partial charge in [0.15, 0.2) is 0 Å². The Hall–Kier alpha value is -4.42. The maximum Gasteiger partial charge on any atom is 0.416 e. The van der Waals surface area contributed by atoms with Gasteiger partial charge >= 0.3 is 24.3 Å². The normalized spacial score (nSPS) is 11.2. The van der Waals surface area contributed by atoms with E-state index in [0.29, 0.717) is 0 Å². The van der Waals surface area contributed by atoms with Gasteiger partial charge in [-0.2, -0.15) is 26.3 Å². The minimum Gasteiger partial charge on any atom is -0.478 e. The molecule has 0 saturated heterocycles. The fourth-order valence-electron chi connectivity index (χ4n) is 3.16. The first kappa shape index (κ1) is 32.1. The van der Waals surface area contributed by atoms with Crippen LogP contribution in [0.4, 0.5) is 26.3 Å². The quantitative estimate of drug-likeness (QED) is 0.206. The first-order valence-electron chi connectivity index (χ1n) is 11.3. The smallest absolute Gasteiger partial charge is 0.416 e. The first-order chi connectivity index (χ1) is 19.5. The third kappa shape index (κ3) is 8.79. The van der Waals surface area contributed by atoms with Crippen molar-refractivity contribution in [2.75, 3.05) is 0 Å². The molecule has 0 amide bonds. The van der Waals surface area contributed by atoms with Crippen LogP contribution >= 0.6 is 23.2 Å². The molecule has 0 radical (unpaired) electrons. The number of carbonyl (C=O) groups is 2. The highest BCUT2D eigenvalue weighted by atomic mass is 35.5. The monoisotopic (exact) mass is 632 g/mol. The van der Waals surface area contributed by atoms with E-state index >= 15 is 0 Å². The first-order valence-corrected chi connectivity index (χ1v) is 12.1. The zero-order chi connectivity index (χ0) is 31.2. The summed E-state index contributed by atoms with van der Waals surface area (Å²) in [5, 5.41) is 17.3. The number of benzene rings is 4. The van der Waals surface area contributed by atoms with Crippen molar-refractivity contribution < 1.29 is 55.6 Å². The predicted molar refractivity (Wildman–Crippen MR) is 140 cm³/mol. The van der Waals surface area contributed by atoms with E-state index in [4.69, 9.17) is 42.9 Å². The second kappa shape index (κ2) is 13.0. The molecule has 2 N–H and O–H groups in total. The minimum atomic E-state index is -4.49. The van der Waals surface area contributed by atoms with Crippen molar-refractivity contribution in [2.24, 2.45) is 0 Å². The van der Waals surface area contributed by atoms with Gasteiger partial charge in [-0.05, 0) is 72.8 Å². The molecule has 14 heteroatoms. The Kier molecular flexibility index (Phi) is 9.97. The zero-order valence-corrected chi connectivity index (χ0v) is 22.1. The SMILES string of the molecule is O=C(O)c1cccc(Oc2ccc(C(F)(F)F)cc2Cl)c1.O=C(O)c1cccc(Oc2ccc(C(F)(F)F)cc2Cl)c1. The molecule has 0 aliphatic heterocycles. The Morgan fingerprint density at radius 1 is 0.571 bits per heavy atom. The van der Waals surface area contributed by atoms with E-state index in [0.717, 1.165) is 36.4 Å². The van der Waals surface area contributed by atoms with Crippen molar-refractivity contribution in [3.63, 3.8) is 0 Å². The van der Waals surface area contributed by atoms with E-state index in [1.54, 1.807) is 0 Å². The maximum absolute atomic E-state index is 12.5. The fourth-order valence-corrected chi connectivity index (χ4v) is 3.60. The lowest BCUT2D eigenvalue weighted by atomic mass is 10.2. The Labute approximate surface area is 243 Å². The van der Waals surface area contributed by atoms with Gasteiger partial charge in [0.05, 0.1) is 32.3 Å². The highest BCUT2D eigenvalue weighted by molar-refractivity contribution is 6.32. The number of ether oxygens (including phenoxy) is 2. The predicted octanol–water partition coefficient (Wildman–Crippen LogP) is 9.70.